The van der Waals surface area contributed by atoms with E-state index in [0.717, 1.165) is 53.1 Å². The summed E-state index contributed by atoms with van der Waals surface area (Å²) in [4.78, 5) is 12.9. The third kappa shape index (κ3) is 5.43. The van der Waals surface area contributed by atoms with E-state index in [9.17, 15) is 4.79 Å². The number of para-hydroxylation sites is 1. The summed E-state index contributed by atoms with van der Waals surface area (Å²) < 4.78 is 2.10. The van der Waals surface area contributed by atoms with Gasteiger partial charge in [-0.2, -0.15) is 0 Å². The average molecular weight is 401 g/mol. The molecule has 2 aromatic heterocycles. The Balaban J connectivity index is 1.65. The lowest BCUT2D eigenvalue weighted by Crippen LogP contribution is -2.24. The molecule has 1 N–H and O–H groups in total. The largest absolute Gasteiger partial charge is 0.356 e. The number of carbonyl (C=O) groups excluding carboxylic acids is 1. The summed E-state index contributed by atoms with van der Waals surface area (Å²) in [6, 6.07) is 14.2. The molecule has 5 nitrogen and oxygen atoms in total. The Bertz CT molecular complexity index is 831. The lowest BCUT2D eigenvalue weighted by atomic mass is 10.3. The van der Waals surface area contributed by atoms with Crippen LogP contribution in [0, 0.1) is 0 Å². The smallest absolute Gasteiger partial charge is 0.220 e. The minimum atomic E-state index is 0.132. The minimum Gasteiger partial charge on any atom is -0.356 e. The molecular weight excluding hydrogens is 376 g/mol. The highest BCUT2D eigenvalue weighted by atomic mass is 32.2. The third-order valence-electron chi connectivity index (χ3n) is 4.02. The van der Waals surface area contributed by atoms with Crippen molar-refractivity contribution in [1.82, 2.24) is 20.1 Å². The van der Waals surface area contributed by atoms with Crippen LogP contribution in [0.1, 0.15) is 32.6 Å². The van der Waals surface area contributed by atoms with Gasteiger partial charge in [0.15, 0.2) is 11.0 Å². The number of hydrogen-bond acceptors (Lipinski definition) is 5. The molecule has 0 fully saturated rings. The summed E-state index contributed by atoms with van der Waals surface area (Å²) in [5.74, 6) is 1.82. The fourth-order valence-electron chi connectivity index (χ4n) is 2.63. The molecular formula is C20H24N4OS2. The Hall–Kier alpha value is -2.12. The van der Waals surface area contributed by atoms with Gasteiger partial charge in [-0.1, -0.05) is 49.4 Å². The van der Waals surface area contributed by atoms with Crippen molar-refractivity contribution in [3.8, 4) is 16.4 Å². The van der Waals surface area contributed by atoms with E-state index in [2.05, 4.69) is 45.2 Å². The fourth-order valence-corrected chi connectivity index (χ4v) is 4.22. The second-order valence-electron chi connectivity index (χ2n) is 6.11. The molecule has 2 heterocycles. The zero-order valence-electron chi connectivity index (χ0n) is 15.4. The highest BCUT2D eigenvalue weighted by Gasteiger charge is 2.16. The van der Waals surface area contributed by atoms with Crippen LogP contribution in [0.15, 0.2) is 53.0 Å². The number of thioether (sulfide) groups is 1. The Labute approximate surface area is 168 Å². The molecule has 0 atom stereocenters. The number of unbranched alkanes of at least 4 members (excludes halogenated alkanes) is 1. The highest BCUT2D eigenvalue weighted by Crippen LogP contribution is 2.30. The predicted molar refractivity (Wildman–Crippen MR) is 113 cm³/mol. The van der Waals surface area contributed by atoms with Crippen molar-refractivity contribution in [3.63, 3.8) is 0 Å². The van der Waals surface area contributed by atoms with E-state index in [1.54, 1.807) is 23.1 Å². The molecule has 3 aromatic rings. The van der Waals surface area contributed by atoms with Gasteiger partial charge < -0.3 is 5.32 Å². The van der Waals surface area contributed by atoms with E-state index in [-0.39, 0.29) is 5.91 Å². The SMILES string of the molecule is CCCCNC(=O)CCCSc1nnc(-c2cccs2)n1-c1ccccc1. The standard InChI is InChI=1S/C20H24N4OS2/c1-2-3-13-21-18(25)12-8-15-27-20-23-22-19(17-11-7-14-26-17)24(20)16-9-5-4-6-10-16/h4-7,9-11,14H,2-3,8,12-13,15H2,1H3,(H,21,25). The molecule has 0 aliphatic carbocycles. The molecule has 0 aliphatic rings. The topological polar surface area (TPSA) is 59.8 Å². The Morgan fingerprint density at radius 2 is 2.00 bits per heavy atom. The van der Waals surface area contributed by atoms with E-state index in [1.165, 1.54) is 0 Å². The first-order valence-corrected chi connectivity index (χ1v) is 11.1. The molecule has 7 heteroatoms. The molecule has 0 radical (unpaired) electrons. The van der Waals surface area contributed by atoms with E-state index in [4.69, 9.17) is 0 Å². The number of amides is 1. The quantitative estimate of drug-likeness (QED) is 0.393. The van der Waals surface area contributed by atoms with Crippen LogP contribution in [-0.4, -0.2) is 33.0 Å². The van der Waals surface area contributed by atoms with Gasteiger partial charge in [-0.25, -0.2) is 0 Å². The van der Waals surface area contributed by atoms with Gasteiger partial charge >= 0.3 is 0 Å². The second kappa shape index (κ2) is 10.3. The van der Waals surface area contributed by atoms with Gasteiger partial charge in [0.05, 0.1) is 4.88 Å². The number of aromatic nitrogens is 3. The predicted octanol–water partition coefficient (Wildman–Crippen LogP) is 4.78. The molecule has 0 bridgehead atoms. The first-order chi connectivity index (χ1) is 13.3. The summed E-state index contributed by atoms with van der Waals surface area (Å²) in [7, 11) is 0. The summed E-state index contributed by atoms with van der Waals surface area (Å²) in [5.41, 5.74) is 1.05. The zero-order valence-corrected chi connectivity index (χ0v) is 17.1. The van der Waals surface area contributed by atoms with Crippen molar-refractivity contribution < 1.29 is 4.79 Å². The zero-order chi connectivity index (χ0) is 18.9. The minimum absolute atomic E-state index is 0.132. The van der Waals surface area contributed by atoms with Crippen molar-refractivity contribution >= 4 is 29.0 Å². The van der Waals surface area contributed by atoms with Gasteiger partial charge in [-0.3, -0.25) is 9.36 Å². The van der Waals surface area contributed by atoms with Crippen molar-refractivity contribution in [2.45, 2.75) is 37.8 Å². The Morgan fingerprint density at radius 1 is 1.15 bits per heavy atom. The van der Waals surface area contributed by atoms with E-state index < -0.39 is 0 Å². The van der Waals surface area contributed by atoms with Crippen LogP contribution in [0.25, 0.3) is 16.4 Å². The van der Waals surface area contributed by atoms with Gasteiger partial charge in [0, 0.05) is 24.4 Å². The van der Waals surface area contributed by atoms with Crippen LogP contribution < -0.4 is 5.32 Å². The van der Waals surface area contributed by atoms with Gasteiger partial charge in [-0.05, 0) is 36.4 Å². The third-order valence-corrected chi connectivity index (χ3v) is 5.90. The second-order valence-corrected chi connectivity index (χ2v) is 8.12. The van der Waals surface area contributed by atoms with Crippen LogP contribution in [0.2, 0.25) is 0 Å². The Kier molecular flexibility index (Phi) is 7.47. The van der Waals surface area contributed by atoms with Gasteiger partial charge in [-0.15, -0.1) is 21.5 Å². The van der Waals surface area contributed by atoms with Gasteiger partial charge in [0.1, 0.15) is 0 Å². The molecule has 0 saturated heterocycles. The first-order valence-electron chi connectivity index (χ1n) is 9.24. The molecule has 0 saturated carbocycles. The normalized spacial score (nSPS) is 10.9. The molecule has 0 aliphatic heterocycles. The average Bonchev–Trinajstić information content (AvgIpc) is 3.35. The first kappa shape index (κ1) is 19.6. The van der Waals surface area contributed by atoms with Gasteiger partial charge in [0.25, 0.3) is 0 Å². The van der Waals surface area contributed by atoms with Crippen molar-refractivity contribution in [2.24, 2.45) is 0 Å². The van der Waals surface area contributed by atoms with Crippen molar-refractivity contribution in [3.05, 3.63) is 47.8 Å². The number of benzene rings is 1. The molecule has 0 unspecified atom stereocenters. The number of carbonyl (C=O) groups is 1. The molecule has 142 valence electrons. The molecule has 1 aromatic carbocycles. The summed E-state index contributed by atoms with van der Waals surface area (Å²) in [6.07, 6.45) is 3.50. The van der Waals surface area contributed by atoms with Crippen LogP contribution in [0.5, 0.6) is 0 Å². The highest BCUT2D eigenvalue weighted by molar-refractivity contribution is 7.99. The summed E-state index contributed by atoms with van der Waals surface area (Å²) >= 11 is 3.30. The van der Waals surface area contributed by atoms with Crippen LogP contribution in [0.4, 0.5) is 0 Å². The number of thiophene rings is 1. The van der Waals surface area contributed by atoms with E-state index in [1.807, 2.05) is 29.6 Å². The number of hydrogen-bond donors (Lipinski definition) is 1. The monoisotopic (exact) mass is 400 g/mol. The summed E-state index contributed by atoms with van der Waals surface area (Å²) in [6.45, 7) is 2.89. The van der Waals surface area contributed by atoms with Crippen LogP contribution in [-0.2, 0) is 4.79 Å². The number of nitrogens with one attached hydrogen (secondary N) is 1. The molecule has 27 heavy (non-hydrogen) atoms. The number of nitrogens with zero attached hydrogens (tertiary/aromatic N) is 3. The van der Waals surface area contributed by atoms with E-state index in [0.29, 0.717) is 6.42 Å². The maximum atomic E-state index is 11.8. The van der Waals surface area contributed by atoms with Crippen LogP contribution >= 0.6 is 23.1 Å². The molecule has 3 rings (SSSR count). The fraction of sp³-hybridized carbons (Fsp3) is 0.350. The molecule has 1 amide bonds. The lowest BCUT2D eigenvalue weighted by Gasteiger charge is -2.09. The molecule has 0 spiro atoms. The van der Waals surface area contributed by atoms with Crippen molar-refractivity contribution in [1.29, 1.82) is 0 Å². The number of rotatable bonds is 10. The summed E-state index contributed by atoms with van der Waals surface area (Å²) in [5, 5.41) is 14.7. The maximum absolute atomic E-state index is 11.8. The van der Waals surface area contributed by atoms with Crippen LogP contribution in [0.3, 0.4) is 0 Å². The van der Waals surface area contributed by atoms with E-state index >= 15 is 0 Å². The Morgan fingerprint density at radius 3 is 2.74 bits per heavy atom. The van der Waals surface area contributed by atoms with Gasteiger partial charge in [0.2, 0.25) is 5.91 Å². The lowest BCUT2D eigenvalue weighted by molar-refractivity contribution is -0.121. The maximum Gasteiger partial charge on any atom is 0.220 e. The van der Waals surface area contributed by atoms with Crippen molar-refractivity contribution in [2.75, 3.05) is 12.3 Å².